The topological polar surface area (TPSA) is 95.9 Å². The fraction of sp³-hybridized carbons (Fsp3) is 0.899. The summed E-state index contributed by atoms with van der Waals surface area (Å²) in [5, 5.41) is 23.4. The summed E-state index contributed by atoms with van der Waals surface area (Å²) in [4.78, 5) is 24.6. The number of nitrogens with one attached hydrogen (secondary N) is 1. The third kappa shape index (κ3) is 71.0. The van der Waals surface area contributed by atoms with Gasteiger partial charge in [0.1, 0.15) is 0 Å². The first-order valence-corrected chi connectivity index (χ1v) is 38.7. The Morgan fingerprint density at radius 1 is 0.329 bits per heavy atom. The van der Waals surface area contributed by atoms with E-state index in [2.05, 4.69) is 55.6 Å². The van der Waals surface area contributed by atoms with E-state index in [1.807, 2.05) is 0 Å². The van der Waals surface area contributed by atoms with Gasteiger partial charge in [-0.25, -0.2) is 0 Å². The Bertz CT molecular complexity index is 1380. The summed E-state index contributed by atoms with van der Waals surface area (Å²) in [6.07, 6.45) is 96.5. The summed E-state index contributed by atoms with van der Waals surface area (Å²) < 4.78 is 5.49. The molecule has 2 atom stereocenters. The second-order valence-corrected chi connectivity index (χ2v) is 26.7. The molecule has 2 unspecified atom stereocenters. The van der Waals surface area contributed by atoms with Gasteiger partial charge in [0, 0.05) is 12.8 Å². The Morgan fingerprint density at radius 2 is 0.588 bits per heavy atom. The fourth-order valence-corrected chi connectivity index (χ4v) is 12.3. The molecule has 0 aromatic rings. The first kappa shape index (κ1) is 83.1. The van der Waals surface area contributed by atoms with E-state index in [0.29, 0.717) is 25.9 Å². The van der Waals surface area contributed by atoms with Gasteiger partial charge in [-0.1, -0.05) is 371 Å². The van der Waals surface area contributed by atoms with Gasteiger partial charge in [-0.05, 0) is 83.5 Å². The standard InChI is InChI=1S/C79H151NO5/c1-3-5-7-9-11-13-15-17-19-21-37-40-43-47-51-55-59-63-67-71-77(82)76(75-81)80-78(83)72-68-64-60-56-52-48-44-41-38-35-33-31-29-27-25-23-22-24-26-28-30-32-34-36-39-42-46-50-54-58-62-66-70-74-85-79(84)73-69-65-61-57-53-49-45-20-18-16-14-12-10-8-6-4-2/h14,16,20,26,28,45,76-77,81-82H,3-13,15,17-19,21-25,27,29-44,46-75H2,1-2H3,(H,80,83)/b16-14-,28-26-,45-20-. The summed E-state index contributed by atoms with van der Waals surface area (Å²) in [7, 11) is 0. The molecular formula is C79H151NO5. The van der Waals surface area contributed by atoms with Crippen LogP contribution in [0.25, 0.3) is 0 Å². The molecule has 0 aliphatic heterocycles. The number of carbonyl (C=O) groups excluding carboxylic acids is 2. The van der Waals surface area contributed by atoms with Crippen LogP contribution in [0.2, 0.25) is 0 Å². The minimum atomic E-state index is -0.663. The molecule has 3 N–H and O–H groups in total. The summed E-state index contributed by atoms with van der Waals surface area (Å²) >= 11 is 0. The lowest BCUT2D eigenvalue weighted by molar-refractivity contribution is -0.143. The fourth-order valence-electron chi connectivity index (χ4n) is 12.3. The zero-order valence-electron chi connectivity index (χ0n) is 57.6. The third-order valence-electron chi connectivity index (χ3n) is 18.2. The van der Waals surface area contributed by atoms with Crippen LogP contribution in [0.1, 0.15) is 431 Å². The van der Waals surface area contributed by atoms with Gasteiger partial charge < -0.3 is 20.3 Å². The van der Waals surface area contributed by atoms with E-state index in [-0.39, 0.29) is 18.5 Å². The second-order valence-electron chi connectivity index (χ2n) is 26.7. The summed E-state index contributed by atoms with van der Waals surface area (Å²) in [5.74, 6) is -0.0218. The Kier molecular flexibility index (Phi) is 72.9. The monoisotopic (exact) mass is 1190 g/mol. The number of amides is 1. The highest BCUT2D eigenvalue weighted by Crippen LogP contribution is 2.19. The van der Waals surface area contributed by atoms with Gasteiger partial charge in [0.25, 0.3) is 0 Å². The Hall–Kier alpha value is -1.92. The maximum atomic E-state index is 12.6. The summed E-state index contributed by atoms with van der Waals surface area (Å²) in [5.41, 5.74) is 0. The van der Waals surface area contributed by atoms with Crippen molar-refractivity contribution >= 4 is 11.9 Å². The SMILES string of the molecule is CCCCCC/C=C\C/C=C\CCCCCCCC(=O)OCCCCCCCCCCCCCC/C=C\CCCCCCCCCCCCCCCCCCCC(=O)NC(CO)C(O)CCCCCCCCCCCCCCCCCCCCC. The number of ether oxygens (including phenoxy) is 1. The first-order chi connectivity index (χ1) is 42.0. The number of rotatable bonds is 73. The molecule has 0 rings (SSSR count). The molecule has 6 heteroatoms. The second kappa shape index (κ2) is 74.5. The van der Waals surface area contributed by atoms with Crippen LogP contribution in [-0.4, -0.2) is 47.4 Å². The van der Waals surface area contributed by atoms with Gasteiger partial charge in [0.2, 0.25) is 5.91 Å². The molecule has 0 aromatic heterocycles. The number of aliphatic hydroxyl groups excluding tert-OH is 2. The van der Waals surface area contributed by atoms with Crippen molar-refractivity contribution in [2.45, 2.75) is 443 Å². The Labute approximate surface area is 532 Å². The molecule has 0 fully saturated rings. The average molecular weight is 1200 g/mol. The highest BCUT2D eigenvalue weighted by Gasteiger charge is 2.20. The molecule has 0 saturated heterocycles. The normalized spacial score (nSPS) is 12.7. The van der Waals surface area contributed by atoms with E-state index in [4.69, 9.17) is 4.74 Å². The van der Waals surface area contributed by atoms with Crippen molar-refractivity contribution in [2.75, 3.05) is 13.2 Å². The molecule has 0 aromatic carbocycles. The highest BCUT2D eigenvalue weighted by molar-refractivity contribution is 5.76. The van der Waals surface area contributed by atoms with Crippen LogP contribution in [0.15, 0.2) is 36.5 Å². The van der Waals surface area contributed by atoms with Crippen molar-refractivity contribution in [1.29, 1.82) is 0 Å². The van der Waals surface area contributed by atoms with Crippen molar-refractivity contribution < 1.29 is 24.5 Å². The van der Waals surface area contributed by atoms with E-state index < -0.39 is 12.1 Å². The minimum Gasteiger partial charge on any atom is -0.466 e. The molecule has 0 heterocycles. The van der Waals surface area contributed by atoms with Gasteiger partial charge in [-0.2, -0.15) is 0 Å². The molecule has 1 amide bonds. The molecular weight excluding hydrogens is 1040 g/mol. The van der Waals surface area contributed by atoms with E-state index in [1.54, 1.807) is 0 Å². The van der Waals surface area contributed by atoms with Crippen molar-refractivity contribution in [1.82, 2.24) is 5.32 Å². The van der Waals surface area contributed by atoms with E-state index >= 15 is 0 Å². The predicted octanol–water partition coefficient (Wildman–Crippen LogP) is 25.4. The maximum absolute atomic E-state index is 12.6. The van der Waals surface area contributed by atoms with Gasteiger partial charge in [-0.3, -0.25) is 9.59 Å². The van der Waals surface area contributed by atoms with Crippen LogP contribution in [-0.2, 0) is 14.3 Å². The quantitative estimate of drug-likeness (QED) is 0.0320. The number of hydrogen-bond acceptors (Lipinski definition) is 5. The number of unbranched alkanes of at least 4 members (excludes halogenated alkanes) is 56. The van der Waals surface area contributed by atoms with Crippen LogP contribution in [0.4, 0.5) is 0 Å². The number of allylic oxidation sites excluding steroid dienone is 6. The molecule has 502 valence electrons. The molecule has 0 aliphatic rings. The van der Waals surface area contributed by atoms with Crippen LogP contribution >= 0.6 is 0 Å². The van der Waals surface area contributed by atoms with Crippen molar-refractivity contribution in [3.8, 4) is 0 Å². The summed E-state index contributed by atoms with van der Waals surface area (Å²) in [6, 6.07) is -0.540. The first-order valence-electron chi connectivity index (χ1n) is 38.7. The Balaban J connectivity index is 3.35. The average Bonchev–Trinajstić information content (AvgIpc) is 3.51. The predicted molar refractivity (Wildman–Crippen MR) is 375 cm³/mol. The largest absolute Gasteiger partial charge is 0.466 e. The zero-order chi connectivity index (χ0) is 61.3. The lowest BCUT2D eigenvalue weighted by Gasteiger charge is -2.22. The number of hydrogen-bond donors (Lipinski definition) is 3. The summed E-state index contributed by atoms with van der Waals surface area (Å²) in [6.45, 7) is 4.97. The molecule has 6 nitrogen and oxygen atoms in total. The lowest BCUT2D eigenvalue weighted by atomic mass is 10.0. The zero-order valence-corrected chi connectivity index (χ0v) is 57.6. The smallest absolute Gasteiger partial charge is 0.305 e. The Morgan fingerprint density at radius 3 is 0.918 bits per heavy atom. The lowest BCUT2D eigenvalue weighted by Crippen LogP contribution is -2.45. The van der Waals surface area contributed by atoms with Gasteiger partial charge >= 0.3 is 5.97 Å². The molecule has 0 aliphatic carbocycles. The van der Waals surface area contributed by atoms with Gasteiger partial charge in [-0.15, -0.1) is 0 Å². The third-order valence-corrected chi connectivity index (χ3v) is 18.2. The van der Waals surface area contributed by atoms with Gasteiger partial charge in [0.05, 0.1) is 25.4 Å². The van der Waals surface area contributed by atoms with Gasteiger partial charge in [0.15, 0.2) is 0 Å². The minimum absolute atomic E-state index is 0.00582. The molecule has 0 bridgehead atoms. The van der Waals surface area contributed by atoms with Crippen LogP contribution in [0.5, 0.6) is 0 Å². The molecule has 0 spiro atoms. The van der Waals surface area contributed by atoms with E-state index in [9.17, 15) is 19.8 Å². The van der Waals surface area contributed by atoms with E-state index in [1.165, 1.54) is 347 Å². The van der Waals surface area contributed by atoms with E-state index in [0.717, 1.165) is 51.4 Å². The number of esters is 1. The molecule has 0 saturated carbocycles. The van der Waals surface area contributed by atoms with Crippen LogP contribution in [0.3, 0.4) is 0 Å². The maximum Gasteiger partial charge on any atom is 0.305 e. The van der Waals surface area contributed by atoms with Crippen molar-refractivity contribution in [3.05, 3.63) is 36.5 Å². The van der Waals surface area contributed by atoms with Crippen LogP contribution < -0.4 is 5.32 Å². The highest BCUT2D eigenvalue weighted by atomic mass is 16.5. The van der Waals surface area contributed by atoms with Crippen molar-refractivity contribution in [2.24, 2.45) is 0 Å². The number of aliphatic hydroxyl groups is 2. The molecule has 0 radical (unpaired) electrons. The number of carbonyl (C=O) groups is 2. The van der Waals surface area contributed by atoms with Crippen molar-refractivity contribution in [3.63, 3.8) is 0 Å². The van der Waals surface area contributed by atoms with Crippen LogP contribution in [0, 0.1) is 0 Å². The molecule has 85 heavy (non-hydrogen) atoms.